The molecule has 2 amide bonds. The lowest BCUT2D eigenvalue weighted by Gasteiger charge is -2.22. The highest BCUT2D eigenvalue weighted by atomic mass is 32.2. The standard InChI is InChI=1S/C25H33N3O6S/c1-5-7-15-28(16-8-6-2)24(30)19-9-12-21(13-10-19)35(32,33)27-23(29)20-11-14-22(26-17-20)25(31)34-18(3)4/h9-14,17-18H,5-8,15-16H2,1-4H3,(H,27,29). The van der Waals surface area contributed by atoms with E-state index in [1.54, 1.807) is 18.7 Å². The molecule has 10 heteroatoms. The quantitative estimate of drug-likeness (QED) is 0.437. The molecule has 0 aliphatic rings. The van der Waals surface area contributed by atoms with Crippen LogP contribution in [0.2, 0.25) is 0 Å². The van der Waals surface area contributed by atoms with Crippen LogP contribution in [0.15, 0.2) is 47.5 Å². The van der Waals surface area contributed by atoms with Gasteiger partial charge in [-0.3, -0.25) is 9.59 Å². The van der Waals surface area contributed by atoms with Crippen molar-refractivity contribution in [3.8, 4) is 0 Å². The van der Waals surface area contributed by atoms with Crippen molar-refractivity contribution in [3.63, 3.8) is 0 Å². The molecule has 9 nitrogen and oxygen atoms in total. The van der Waals surface area contributed by atoms with E-state index in [-0.39, 0.29) is 28.2 Å². The van der Waals surface area contributed by atoms with E-state index in [1.165, 1.54) is 36.4 Å². The Morgan fingerprint density at radius 2 is 1.51 bits per heavy atom. The number of unbranched alkanes of at least 4 members (excludes halogenated alkanes) is 2. The van der Waals surface area contributed by atoms with Crippen LogP contribution >= 0.6 is 0 Å². The zero-order valence-corrected chi connectivity index (χ0v) is 21.4. The summed E-state index contributed by atoms with van der Waals surface area (Å²) in [4.78, 5) is 42.7. The minimum atomic E-state index is -4.18. The first-order valence-corrected chi connectivity index (χ1v) is 13.2. The molecule has 0 aliphatic carbocycles. The molecule has 0 bridgehead atoms. The van der Waals surface area contributed by atoms with Crippen LogP contribution in [0.25, 0.3) is 0 Å². The van der Waals surface area contributed by atoms with Crippen molar-refractivity contribution in [3.05, 3.63) is 59.4 Å². The summed E-state index contributed by atoms with van der Waals surface area (Å²) in [6, 6.07) is 8.06. The zero-order valence-electron chi connectivity index (χ0n) is 20.6. The number of ether oxygens (including phenoxy) is 1. The smallest absolute Gasteiger partial charge is 0.357 e. The molecule has 2 rings (SSSR count). The fraction of sp³-hybridized carbons (Fsp3) is 0.440. The molecule has 0 spiro atoms. The van der Waals surface area contributed by atoms with E-state index in [0.29, 0.717) is 18.7 Å². The number of hydrogen-bond acceptors (Lipinski definition) is 7. The van der Waals surface area contributed by atoms with Crippen LogP contribution in [-0.4, -0.2) is 55.3 Å². The third-order valence-electron chi connectivity index (χ3n) is 5.07. The summed E-state index contributed by atoms with van der Waals surface area (Å²) in [5, 5.41) is 0. The topological polar surface area (TPSA) is 123 Å². The van der Waals surface area contributed by atoms with Gasteiger partial charge in [-0.1, -0.05) is 26.7 Å². The average Bonchev–Trinajstić information content (AvgIpc) is 2.83. The van der Waals surface area contributed by atoms with Gasteiger partial charge < -0.3 is 9.64 Å². The highest BCUT2D eigenvalue weighted by Gasteiger charge is 2.21. The van der Waals surface area contributed by atoms with Gasteiger partial charge in [0.05, 0.1) is 16.6 Å². The number of amides is 2. The molecule has 0 fully saturated rings. The average molecular weight is 504 g/mol. The van der Waals surface area contributed by atoms with E-state index in [4.69, 9.17) is 4.74 Å². The van der Waals surface area contributed by atoms with Crippen LogP contribution < -0.4 is 4.72 Å². The van der Waals surface area contributed by atoms with Gasteiger partial charge in [-0.05, 0) is 63.1 Å². The van der Waals surface area contributed by atoms with E-state index in [0.717, 1.165) is 31.9 Å². The number of benzene rings is 1. The summed E-state index contributed by atoms with van der Waals surface area (Å²) >= 11 is 0. The first-order chi connectivity index (χ1) is 16.6. The van der Waals surface area contributed by atoms with Crippen LogP contribution in [0.1, 0.15) is 84.6 Å². The Kier molecular flexibility index (Phi) is 10.4. The Balaban J connectivity index is 2.10. The van der Waals surface area contributed by atoms with Gasteiger partial charge in [0.1, 0.15) is 5.69 Å². The second-order valence-electron chi connectivity index (χ2n) is 8.34. The molecule has 0 saturated carbocycles. The van der Waals surface area contributed by atoms with Gasteiger partial charge in [-0.15, -0.1) is 0 Å². The molecule has 0 atom stereocenters. The Morgan fingerprint density at radius 3 is 2.00 bits per heavy atom. The van der Waals surface area contributed by atoms with Gasteiger partial charge in [0.2, 0.25) is 0 Å². The lowest BCUT2D eigenvalue weighted by atomic mass is 10.1. The largest absolute Gasteiger partial charge is 0.458 e. The summed E-state index contributed by atoms with van der Waals surface area (Å²) in [5.74, 6) is -1.69. The lowest BCUT2D eigenvalue weighted by molar-refractivity contribution is 0.0370. The molecule has 0 saturated heterocycles. The molecule has 0 unspecified atom stereocenters. The van der Waals surface area contributed by atoms with Crippen molar-refractivity contribution in [1.29, 1.82) is 0 Å². The number of aromatic nitrogens is 1. The summed E-state index contributed by atoms with van der Waals surface area (Å²) < 4.78 is 32.4. The predicted octanol–water partition coefficient (Wildman–Crippen LogP) is 3.81. The van der Waals surface area contributed by atoms with Crippen LogP contribution in [-0.2, 0) is 14.8 Å². The van der Waals surface area contributed by atoms with Crippen molar-refractivity contribution in [2.45, 2.75) is 64.4 Å². The molecule has 190 valence electrons. The van der Waals surface area contributed by atoms with Crippen LogP contribution in [0.5, 0.6) is 0 Å². The monoisotopic (exact) mass is 503 g/mol. The van der Waals surface area contributed by atoms with Gasteiger partial charge in [0.15, 0.2) is 0 Å². The number of nitrogens with one attached hydrogen (secondary N) is 1. The van der Waals surface area contributed by atoms with Gasteiger partial charge in [0.25, 0.3) is 21.8 Å². The first kappa shape index (κ1) is 28.0. The van der Waals surface area contributed by atoms with Crippen molar-refractivity contribution in [2.75, 3.05) is 13.1 Å². The minimum Gasteiger partial charge on any atom is -0.458 e. The maximum absolute atomic E-state index is 12.9. The summed E-state index contributed by atoms with van der Waals surface area (Å²) in [7, 11) is -4.18. The van der Waals surface area contributed by atoms with Gasteiger partial charge in [-0.25, -0.2) is 22.9 Å². The highest BCUT2D eigenvalue weighted by Crippen LogP contribution is 2.14. The van der Waals surface area contributed by atoms with E-state index in [2.05, 4.69) is 18.8 Å². The van der Waals surface area contributed by atoms with Crippen LogP contribution in [0, 0.1) is 0 Å². The van der Waals surface area contributed by atoms with Crippen molar-refractivity contribution in [1.82, 2.24) is 14.6 Å². The fourth-order valence-corrected chi connectivity index (χ4v) is 4.11. The Labute approximate surface area is 206 Å². The van der Waals surface area contributed by atoms with E-state index < -0.39 is 21.9 Å². The third kappa shape index (κ3) is 8.17. The number of hydrogen-bond donors (Lipinski definition) is 1. The maximum atomic E-state index is 12.9. The Bertz CT molecular complexity index is 1100. The van der Waals surface area contributed by atoms with Crippen LogP contribution in [0.4, 0.5) is 0 Å². The zero-order chi connectivity index (χ0) is 26.0. The second-order valence-corrected chi connectivity index (χ2v) is 10.0. The van der Waals surface area contributed by atoms with E-state index >= 15 is 0 Å². The molecule has 1 N–H and O–H groups in total. The van der Waals surface area contributed by atoms with Crippen molar-refractivity contribution in [2.24, 2.45) is 0 Å². The second kappa shape index (κ2) is 13.0. The number of carbonyl (C=O) groups excluding carboxylic acids is 3. The number of sulfonamides is 1. The van der Waals surface area contributed by atoms with E-state index in [9.17, 15) is 22.8 Å². The Morgan fingerprint density at radius 1 is 0.943 bits per heavy atom. The number of esters is 1. The molecular formula is C25H33N3O6S. The number of nitrogens with zero attached hydrogens (tertiary/aromatic N) is 2. The SMILES string of the molecule is CCCCN(CCCC)C(=O)c1ccc(S(=O)(=O)NC(=O)c2ccc(C(=O)OC(C)C)nc2)cc1. The predicted molar refractivity (Wildman–Crippen MR) is 132 cm³/mol. The number of carbonyl (C=O) groups is 3. The van der Waals surface area contributed by atoms with Gasteiger partial charge in [-0.2, -0.15) is 0 Å². The molecule has 2 aromatic rings. The molecule has 35 heavy (non-hydrogen) atoms. The normalized spacial score (nSPS) is 11.2. The molecule has 1 aromatic carbocycles. The fourth-order valence-electron chi connectivity index (χ4n) is 3.14. The van der Waals surface area contributed by atoms with Crippen molar-refractivity contribution < 1.29 is 27.5 Å². The number of pyridine rings is 1. The molecule has 1 aromatic heterocycles. The minimum absolute atomic E-state index is 0.00489. The molecule has 1 heterocycles. The Hall–Kier alpha value is -3.27. The van der Waals surface area contributed by atoms with Gasteiger partial charge in [0, 0.05) is 24.8 Å². The van der Waals surface area contributed by atoms with Gasteiger partial charge >= 0.3 is 5.97 Å². The molecule has 0 aliphatic heterocycles. The van der Waals surface area contributed by atoms with Crippen LogP contribution in [0.3, 0.4) is 0 Å². The summed E-state index contributed by atoms with van der Waals surface area (Å²) in [6.07, 6.45) is 4.49. The summed E-state index contributed by atoms with van der Waals surface area (Å²) in [6.45, 7) is 8.80. The third-order valence-corrected chi connectivity index (χ3v) is 6.41. The summed E-state index contributed by atoms with van der Waals surface area (Å²) in [5.41, 5.74) is 0.352. The lowest BCUT2D eigenvalue weighted by Crippen LogP contribution is -2.33. The molecular weight excluding hydrogens is 470 g/mol. The van der Waals surface area contributed by atoms with E-state index in [1.807, 2.05) is 4.72 Å². The maximum Gasteiger partial charge on any atom is 0.357 e. The highest BCUT2D eigenvalue weighted by molar-refractivity contribution is 7.90. The number of rotatable bonds is 12. The first-order valence-electron chi connectivity index (χ1n) is 11.7. The van der Waals surface area contributed by atoms with Crippen molar-refractivity contribution >= 4 is 27.8 Å². The molecule has 0 radical (unpaired) electrons.